The van der Waals surface area contributed by atoms with E-state index in [4.69, 9.17) is 5.73 Å². The predicted octanol–water partition coefficient (Wildman–Crippen LogP) is 3.91. The number of rotatable bonds is 4. The maximum Gasteiger partial charge on any atom is 0.224 e. The number of benzene rings is 2. The first-order valence-corrected chi connectivity index (χ1v) is 7.24. The Morgan fingerprint density at radius 3 is 2.75 bits per heavy atom. The first-order chi connectivity index (χ1) is 9.54. The minimum atomic E-state index is -0.00280. The topological polar surface area (TPSA) is 55.1 Å². The van der Waals surface area contributed by atoms with Gasteiger partial charge < -0.3 is 11.1 Å². The lowest BCUT2D eigenvalue weighted by Gasteiger charge is -2.08. The molecule has 0 bridgehead atoms. The maximum absolute atomic E-state index is 11.9. The largest absolute Gasteiger partial charge is 0.399 e. The molecule has 3 nitrogen and oxygen atoms in total. The second-order valence-corrected chi connectivity index (χ2v) is 5.63. The zero-order valence-corrected chi connectivity index (χ0v) is 12.9. The number of nitrogen functional groups attached to an aromatic ring is 1. The highest BCUT2D eigenvalue weighted by Crippen LogP contribution is 2.24. The van der Waals surface area contributed by atoms with Crippen LogP contribution >= 0.6 is 15.9 Å². The highest BCUT2D eigenvalue weighted by molar-refractivity contribution is 9.10. The van der Waals surface area contributed by atoms with Gasteiger partial charge in [-0.1, -0.05) is 29.8 Å². The van der Waals surface area contributed by atoms with Crippen molar-refractivity contribution in [2.75, 3.05) is 11.1 Å². The Hall–Kier alpha value is -1.81. The van der Waals surface area contributed by atoms with Crippen LogP contribution in [0.5, 0.6) is 0 Å². The SMILES string of the molecule is Cc1cccc(CCC(=O)Nc2ccc(N)cc2Br)c1. The molecule has 104 valence electrons. The van der Waals surface area contributed by atoms with Crippen LogP contribution < -0.4 is 11.1 Å². The van der Waals surface area contributed by atoms with Gasteiger partial charge in [-0.3, -0.25) is 4.79 Å². The van der Waals surface area contributed by atoms with Crippen LogP contribution in [-0.4, -0.2) is 5.91 Å². The highest BCUT2D eigenvalue weighted by Gasteiger charge is 2.06. The molecule has 0 heterocycles. The van der Waals surface area contributed by atoms with Crippen molar-refractivity contribution in [2.24, 2.45) is 0 Å². The van der Waals surface area contributed by atoms with Crippen LogP contribution in [0.2, 0.25) is 0 Å². The van der Waals surface area contributed by atoms with E-state index in [0.717, 1.165) is 16.6 Å². The lowest BCUT2D eigenvalue weighted by atomic mass is 10.1. The summed E-state index contributed by atoms with van der Waals surface area (Å²) < 4.78 is 0.793. The summed E-state index contributed by atoms with van der Waals surface area (Å²) in [6, 6.07) is 13.5. The molecule has 0 radical (unpaired) electrons. The summed E-state index contributed by atoms with van der Waals surface area (Å²) >= 11 is 3.39. The average Bonchev–Trinajstić information content (AvgIpc) is 2.40. The van der Waals surface area contributed by atoms with Gasteiger partial charge in [0.2, 0.25) is 5.91 Å². The molecule has 0 aliphatic carbocycles. The van der Waals surface area contributed by atoms with Gasteiger partial charge in [-0.05, 0) is 53.0 Å². The Bertz CT molecular complexity index is 626. The molecule has 3 N–H and O–H groups in total. The number of hydrogen-bond acceptors (Lipinski definition) is 2. The van der Waals surface area contributed by atoms with E-state index >= 15 is 0 Å². The molecular formula is C16H17BrN2O. The molecule has 20 heavy (non-hydrogen) atoms. The Balaban J connectivity index is 1.92. The van der Waals surface area contributed by atoms with E-state index in [0.29, 0.717) is 12.1 Å². The Morgan fingerprint density at radius 2 is 2.05 bits per heavy atom. The maximum atomic E-state index is 11.9. The van der Waals surface area contributed by atoms with Crippen molar-refractivity contribution in [3.05, 3.63) is 58.1 Å². The van der Waals surface area contributed by atoms with Crippen LogP contribution in [0.3, 0.4) is 0 Å². The number of nitrogens with two attached hydrogens (primary N) is 1. The zero-order valence-electron chi connectivity index (χ0n) is 11.3. The normalized spacial score (nSPS) is 10.3. The van der Waals surface area contributed by atoms with Crippen LogP contribution in [-0.2, 0) is 11.2 Å². The van der Waals surface area contributed by atoms with Gasteiger partial charge in [0.15, 0.2) is 0 Å². The minimum Gasteiger partial charge on any atom is -0.399 e. The van der Waals surface area contributed by atoms with Gasteiger partial charge in [0.1, 0.15) is 0 Å². The summed E-state index contributed by atoms with van der Waals surface area (Å²) in [4.78, 5) is 11.9. The second kappa shape index (κ2) is 6.57. The molecule has 0 atom stereocenters. The van der Waals surface area contributed by atoms with Crippen molar-refractivity contribution >= 4 is 33.2 Å². The number of nitrogens with one attached hydrogen (secondary N) is 1. The van der Waals surface area contributed by atoms with E-state index in [2.05, 4.69) is 40.3 Å². The Morgan fingerprint density at radius 1 is 1.25 bits per heavy atom. The number of anilines is 2. The van der Waals surface area contributed by atoms with E-state index < -0.39 is 0 Å². The fourth-order valence-electron chi connectivity index (χ4n) is 1.97. The highest BCUT2D eigenvalue weighted by atomic mass is 79.9. The molecule has 2 aromatic rings. The van der Waals surface area contributed by atoms with E-state index in [1.54, 1.807) is 18.2 Å². The molecule has 2 rings (SSSR count). The molecule has 2 aromatic carbocycles. The summed E-state index contributed by atoms with van der Waals surface area (Å²) in [6.45, 7) is 2.05. The van der Waals surface area contributed by atoms with Crippen LogP contribution in [0, 0.1) is 6.92 Å². The molecule has 1 amide bonds. The van der Waals surface area contributed by atoms with Crippen molar-refractivity contribution < 1.29 is 4.79 Å². The summed E-state index contributed by atoms with van der Waals surface area (Å²) in [5.41, 5.74) is 9.46. The number of halogens is 1. The molecule has 0 spiro atoms. The van der Waals surface area contributed by atoms with Crippen LogP contribution in [0.1, 0.15) is 17.5 Å². The summed E-state index contributed by atoms with van der Waals surface area (Å²) in [5.74, 6) is -0.00280. The lowest BCUT2D eigenvalue weighted by Crippen LogP contribution is -2.12. The average molecular weight is 333 g/mol. The van der Waals surface area contributed by atoms with E-state index in [1.807, 2.05) is 12.1 Å². The standard InChI is InChI=1S/C16H17BrN2O/c1-11-3-2-4-12(9-11)5-8-16(20)19-15-7-6-13(18)10-14(15)17/h2-4,6-7,9-10H,5,8,18H2,1H3,(H,19,20). The number of carbonyl (C=O) groups is 1. The van der Waals surface area contributed by atoms with E-state index in [-0.39, 0.29) is 5.91 Å². The third-order valence-electron chi connectivity index (χ3n) is 2.99. The Kier molecular flexibility index (Phi) is 4.79. The molecule has 4 heteroatoms. The van der Waals surface area contributed by atoms with Crippen LogP contribution in [0.25, 0.3) is 0 Å². The van der Waals surface area contributed by atoms with E-state index in [1.165, 1.54) is 11.1 Å². The van der Waals surface area contributed by atoms with E-state index in [9.17, 15) is 4.79 Å². The van der Waals surface area contributed by atoms with Crippen molar-refractivity contribution in [3.8, 4) is 0 Å². The van der Waals surface area contributed by atoms with Crippen LogP contribution in [0.4, 0.5) is 11.4 Å². The van der Waals surface area contributed by atoms with Crippen molar-refractivity contribution in [1.29, 1.82) is 0 Å². The third kappa shape index (κ3) is 4.10. The first kappa shape index (κ1) is 14.6. The van der Waals surface area contributed by atoms with Crippen molar-refractivity contribution in [3.63, 3.8) is 0 Å². The first-order valence-electron chi connectivity index (χ1n) is 6.45. The van der Waals surface area contributed by atoms with Gasteiger partial charge in [0, 0.05) is 16.6 Å². The van der Waals surface area contributed by atoms with Gasteiger partial charge in [0.25, 0.3) is 0 Å². The quantitative estimate of drug-likeness (QED) is 0.834. The van der Waals surface area contributed by atoms with Gasteiger partial charge in [-0.2, -0.15) is 0 Å². The summed E-state index contributed by atoms with van der Waals surface area (Å²) in [5, 5.41) is 2.88. The second-order valence-electron chi connectivity index (χ2n) is 4.78. The number of amides is 1. The molecule has 0 aromatic heterocycles. The van der Waals surface area contributed by atoms with Gasteiger partial charge in [-0.15, -0.1) is 0 Å². The fraction of sp³-hybridized carbons (Fsp3) is 0.188. The zero-order chi connectivity index (χ0) is 14.5. The molecule has 0 saturated carbocycles. The predicted molar refractivity (Wildman–Crippen MR) is 86.7 cm³/mol. The lowest BCUT2D eigenvalue weighted by molar-refractivity contribution is -0.116. The molecule has 0 fully saturated rings. The molecule has 0 unspecified atom stereocenters. The smallest absolute Gasteiger partial charge is 0.224 e. The molecular weight excluding hydrogens is 316 g/mol. The van der Waals surface area contributed by atoms with Gasteiger partial charge in [-0.25, -0.2) is 0 Å². The van der Waals surface area contributed by atoms with Gasteiger partial charge in [0.05, 0.1) is 5.69 Å². The summed E-state index contributed by atoms with van der Waals surface area (Å²) in [6.07, 6.45) is 1.19. The molecule has 0 aliphatic rings. The monoisotopic (exact) mass is 332 g/mol. The number of aryl methyl sites for hydroxylation is 2. The van der Waals surface area contributed by atoms with Crippen molar-refractivity contribution in [1.82, 2.24) is 0 Å². The van der Waals surface area contributed by atoms with Gasteiger partial charge >= 0.3 is 0 Å². The third-order valence-corrected chi connectivity index (χ3v) is 3.65. The number of carbonyl (C=O) groups excluding carboxylic acids is 1. The number of hydrogen-bond donors (Lipinski definition) is 2. The molecule has 0 saturated heterocycles. The van der Waals surface area contributed by atoms with Crippen LogP contribution in [0.15, 0.2) is 46.9 Å². The Labute approximate surface area is 127 Å². The summed E-state index contributed by atoms with van der Waals surface area (Å²) in [7, 11) is 0. The fourth-order valence-corrected chi connectivity index (χ4v) is 2.47. The van der Waals surface area contributed by atoms with Crippen molar-refractivity contribution in [2.45, 2.75) is 19.8 Å². The minimum absolute atomic E-state index is 0.00280. The molecule has 0 aliphatic heterocycles.